The van der Waals surface area contributed by atoms with E-state index in [-0.39, 0.29) is 11.7 Å². The van der Waals surface area contributed by atoms with E-state index in [1.54, 1.807) is 12.1 Å². The minimum absolute atomic E-state index is 0.0354. The van der Waals surface area contributed by atoms with Crippen LogP contribution in [-0.4, -0.2) is 20.9 Å². The summed E-state index contributed by atoms with van der Waals surface area (Å²) in [6, 6.07) is 6.49. The Morgan fingerprint density at radius 2 is 1.90 bits per heavy atom. The molecule has 0 spiro atoms. The summed E-state index contributed by atoms with van der Waals surface area (Å²) in [5.41, 5.74) is 0.967. The maximum atomic E-state index is 11.4. The van der Waals surface area contributed by atoms with Crippen LogP contribution in [0.25, 0.3) is 0 Å². The Morgan fingerprint density at radius 1 is 1.30 bits per heavy atom. The van der Waals surface area contributed by atoms with E-state index in [2.05, 4.69) is 9.50 Å². The fraction of sp³-hybridized carbons (Fsp3) is 0.462. The van der Waals surface area contributed by atoms with Crippen LogP contribution in [0.3, 0.4) is 0 Å². The highest BCUT2D eigenvalue weighted by molar-refractivity contribution is 8.10. The van der Waals surface area contributed by atoms with Crippen molar-refractivity contribution in [3.8, 4) is 5.75 Å². The third-order valence-electron chi connectivity index (χ3n) is 2.45. The van der Waals surface area contributed by atoms with Crippen LogP contribution in [0.2, 0.25) is 0 Å². The molecule has 0 saturated carbocycles. The van der Waals surface area contributed by atoms with Crippen LogP contribution in [0, 0.1) is 5.92 Å². The number of halogens is 1. The standard InChI is InChI=1S/C13H18ClNO4S/c1-10(2)9-13(16)15-8-7-11-3-5-12(6-4-11)19-20(14,17)18/h3-6,10H,7-9H2,1-2H3,(H,15,16). The van der Waals surface area contributed by atoms with Crippen LogP contribution in [0.5, 0.6) is 5.75 Å². The van der Waals surface area contributed by atoms with E-state index in [1.165, 1.54) is 12.1 Å². The molecule has 0 saturated heterocycles. The highest BCUT2D eigenvalue weighted by Gasteiger charge is 2.07. The topological polar surface area (TPSA) is 72.5 Å². The number of rotatable bonds is 7. The van der Waals surface area contributed by atoms with E-state index >= 15 is 0 Å². The van der Waals surface area contributed by atoms with Crippen LogP contribution >= 0.6 is 10.7 Å². The minimum Gasteiger partial charge on any atom is -0.371 e. The van der Waals surface area contributed by atoms with Gasteiger partial charge in [-0.3, -0.25) is 4.79 Å². The Balaban J connectivity index is 2.40. The molecule has 0 atom stereocenters. The van der Waals surface area contributed by atoms with Gasteiger partial charge in [0.15, 0.2) is 0 Å². The molecule has 1 N–H and O–H groups in total. The van der Waals surface area contributed by atoms with Crippen LogP contribution in [0.1, 0.15) is 25.8 Å². The average molecular weight is 320 g/mol. The molecule has 1 aromatic rings. The third kappa shape index (κ3) is 7.35. The SMILES string of the molecule is CC(C)CC(=O)NCCc1ccc(OS(=O)(=O)Cl)cc1. The first-order valence-corrected chi connectivity index (χ1v) is 8.49. The maximum absolute atomic E-state index is 11.4. The van der Waals surface area contributed by atoms with Crippen molar-refractivity contribution in [3.63, 3.8) is 0 Å². The van der Waals surface area contributed by atoms with Crippen molar-refractivity contribution >= 4 is 25.9 Å². The summed E-state index contributed by atoms with van der Waals surface area (Å²) in [4.78, 5) is 11.4. The molecule has 0 aliphatic carbocycles. The number of carbonyl (C=O) groups is 1. The Labute approximate surface area is 123 Å². The first-order valence-electron chi connectivity index (χ1n) is 6.26. The molecule has 1 rings (SSSR count). The molecule has 0 bridgehead atoms. The fourth-order valence-electron chi connectivity index (χ4n) is 1.62. The van der Waals surface area contributed by atoms with Gasteiger partial charge in [-0.05, 0) is 30.0 Å². The number of hydrogen-bond acceptors (Lipinski definition) is 4. The van der Waals surface area contributed by atoms with Crippen molar-refractivity contribution in [1.82, 2.24) is 5.32 Å². The second-order valence-electron chi connectivity index (χ2n) is 4.82. The van der Waals surface area contributed by atoms with Gasteiger partial charge >= 0.3 is 9.33 Å². The van der Waals surface area contributed by atoms with Gasteiger partial charge in [0.05, 0.1) is 10.7 Å². The van der Waals surface area contributed by atoms with E-state index in [4.69, 9.17) is 10.7 Å². The molecule has 0 unspecified atom stereocenters. The molecule has 1 amide bonds. The lowest BCUT2D eigenvalue weighted by Gasteiger charge is -2.07. The normalized spacial score (nSPS) is 11.4. The molecule has 112 valence electrons. The summed E-state index contributed by atoms with van der Waals surface area (Å²) in [5, 5.41) is 2.83. The van der Waals surface area contributed by atoms with Crippen molar-refractivity contribution in [1.29, 1.82) is 0 Å². The van der Waals surface area contributed by atoms with Crippen molar-refractivity contribution < 1.29 is 17.4 Å². The third-order valence-corrected chi connectivity index (χ3v) is 3.03. The molecular formula is C13H18ClNO4S. The second kappa shape index (κ2) is 7.50. The van der Waals surface area contributed by atoms with Gasteiger partial charge in [-0.2, -0.15) is 8.42 Å². The average Bonchev–Trinajstić information content (AvgIpc) is 2.28. The molecule has 0 aliphatic heterocycles. The number of hydrogen-bond donors (Lipinski definition) is 1. The molecule has 0 aliphatic rings. The van der Waals surface area contributed by atoms with Gasteiger partial charge in [0.1, 0.15) is 5.75 Å². The fourth-order valence-corrected chi connectivity index (χ4v) is 2.18. The van der Waals surface area contributed by atoms with E-state index < -0.39 is 9.33 Å². The quantitative estimate of drug-likeness (QED) is 0.782. The molecule has 7 heteroatoms. The van der Waals surface area contributed by atoms with Crippen LogP contribution < -0.4 is 9.50 Å². The predicted molar refractivity (Wildman–Crippen MR) is 78.0 cm³/mol. The molecule has 0 fully saturated rings. The molecule has 0 radical (unpaired) electrons. The summed E-state index contributed by atoms with van der Waals surface area (Å²) in [5.74, 6) is 0.532. The molecular weight excluding hydrogens is 302 g/mol. The van der Waals surface area contributed by atoms with Gasteiger partial charge in [0, 0.05) is 13.0 Å². The van der Waals surface area contributed by atoms with E-state index in [1.807, 2.05) is 13.8 Å². The lowest BCUT2D eigenvalue weighted by Crippen LogP contribution is -2.26. The van der Waals surface area contributed by atoms with E-state index in [9.17, 15) is 13.2 Å². The van der Waals surface area contributed by atoms with Crippen molar-refractivity contribution in [2.45, 2.75) is 26.7 Å². The lowest BCUT2D eigenvalue weighted by atomic mass is 10.1. The molecule has 20 heavy (non-hydrogen) atoms. The zero-order valence-electron chi connectivity index (χ0n) is 11.4. The summed E-state index contributed by atoms with van der Waals surface area (Å²) in [6.45, 7) is 4.52. The number of amides is 1. The van der Waals surface area contributed by atoms with Gasteiger partial charge in [0.2, 0.25) is 5.91 Å². The summed E-state index contributed by atoms with van der Waals surface area (Å²) >= 11 is 0. The predicted octanol–water partition coefficient (Wildman–Crippen LogP) is 2.25. The largest absolute Gasteiger partial charge is 0.401 e. The Hall–Kier alpha value is -1.27. The number of carbonyl (C=O) groups excluding carboxylic acids is 1. The van der Waals surface area contributed by atoms with Gasteiger partial charge < -0.3 is 9.50 Å². The molecule has 1 aromatic carbocycles. The second-order valence-corrected chi connectivity index (χ2v) is 6.91. The Morgan fingerprint density at radius 3 is 2.40 bits per heavy atom. The molecule has 0 heterocycles. The number of nitrogens with one attached hydrogen (secondary N) is 1. The Bertz CT molecular complexity index is 540. The Kier molecular flexibility index (Phi) is 6.29. The van der Waals surface area contributed by atoms with Crippen LogP contribution in [0.15, 0.2) is 24.3 Å². The van der Waals surface area contributed by atoms with E-state index in [0.29, 0.717) is 25.3 Å². The summed E-state index contributed by atoms with van der Waals surface area (Å²) in [6.07, 6.45) is 1.18. The van der Waals surface area contributed by atoms with E-state index in [0.717, 1.165) is 5.56 Å². The highest BCUT2D eigenvalue weighted by Crippen LogP contribution is 2.16. The van der Waals surface area contributed by atoms with Crippen LogP contribution in [0.4, 0.5) is 0 Å². The monoisotopic (exact) mass is 319 g/mol. The van der Waals surface area contributed by atoms with Gasteiger partial charge in [0.25, 0.3) is 0 Å². The minimum atomic E-state index is -4.01. The number of benzene rings is 1. The highest BCUT2D eigenvalue weighted by atomic mass is 35.7. The smallest absolute Gasteiger partial charge is 0.371 e. The van der Waals surface area contributed by atoms with Gasteiger partial charge in [-0.25, -0.2) is 0 Å². The van der Waals surface area contributed by atoms with Crippen molar-refractivity contribution in [2.75, 3.05) is 6.54 Å². The first kappa shape index (κ1) is 16.8. The zero-order valence-corrected chi connectivity index (χ0v) is 13.0. The van der Waals surface area contributed by atoms with Crippen molar-refractivity contribution in [3.05, 3.63) is 29.8 Å². The zero-order chi connectivity index (χ0) is 15.2. The summed E-state index contributed by atoms with van der Waals surface area (Å²) < 4.78 is 25.9. The lowest BCUT2D eigenvalue weighted by molar-refractivity contribution is -0.121. The van der Waals surface area contributed by atoms with Gasteiger partial charge in [-0.1, -0.05) is 26.0 Å². The van der Waals surface area contributed by atoms with Crippen LogP contribution in [-0.2, 0) is 20.5 Å². The molecule has 5 nitrogen and oxygen atoms in total. The maximum Gasteiger partial charge on any atom is 0.401 e. The summed E-state index contributed by atoms with van der Waals surface area (Å²) in [7, 11) is 0.955. The first-order chi connectivity index (χ1) is 9.26. The van der Waals surface area contributed by atoms with Crippen molar-refractivity contribution in [2.24, 2.45) is 5.92 Å². The van der Waals surface area contributed by atoms with Gasteiger partial charge in [-0.15, -0.1) is 0 Å². The molecule has 0 aromatic heterocycles.